The van der Waals surface area contributed by atoms with E-state index in [2.05, 4.69) is 5.16 Å². The molecular formula is C21H29N3O4S2. The smallest absolute Gasteiger partial charge is 0.243 e. The summed E-state index contributed by atoms with van der Waals surface area (Å²) in [5.41, 5.74) is 3.64. The van der Waals surface area contributed by atoms with Crippen molar-refractivity contribution in [2.75, 3.05) is 30.3 Å². The van der Waals surface area contributed by atoms with Crippen LogP contribution >= 0.6 is 11.8 Å². The van der Waals surface area contributed by atoms with Gasteiger partial charge in [0.05, 0.1) is 16.3 Å². The predicted octanol–water partition coefficient (Wildman–Crippen LogP) is 3.53. The normalized spacial score (nSPS) is 14.2. The minimum Gasteiger partial charge on any atom is -0.361 e. The Balaban J connectivity index is 1.73. The van der Waals surface area contributed by atoms with Crippen LogP contribution in [0.4, 0.5) is 5.69 Å². The van der Waals surface area contributed by atoms with Gasteiger partial charge in [-0.05, 0) is 50.5 Å². The van der Waals surface area contributed by atoms with Gasteiger partial charge in [-0.25, -0.2) is 8.42 Å². The molecule has 3 rings (SSSR count). The van der Waals surface area contributed by atoms with E-state index < -0.39 is 10.0 Å². The number of nitrogens with zero attached hydrogens (tertiary/aromatic N) is 3. The summed E-state index contributed by atoms with van der Waals surface area (Å²) < 4.78 is 32.3. The number of anilines is 1. The highest BCUT2D eigenvalue weighted by molar-refractivity contribution is 7.99. The third-order valence-corrected chi connectivity index (χ3v) is 8.46. The van der Waals surface area contributed by atoms with Crippen molar-refractivity contribution in [2.45, 2.75) is 51.2 Å². The number of aryl methyl sites for hydroxylation is 3. The lowest BCUT2D eigenvalue weighted by molar-refractivity contribution is -0.116. The van der Waals surface area contributed by atoms with Gasteiger partial charge in [-0.1, -0.05) is 19.0 Å². The summed E-state index contributed by atoms with van der Waals surface area (Å²) in [5.74, 6) is 1.85. The monoisotopic (exact) mass is 451 g/mol. The number of benzene rings is 1. The van der Waals surface area contributed by atoms with E-state index in [1.54, 1.807) is 23.1 Å². The van der Waals surface area contributed by atoms with Gasteiger partial charge in [0.15, 0.2) is 0 Å². The maximum Gasteiger partial charge on any atom is 0.243 e. The van der Waals surface area contributed by atoms with Crippen molar-refractivity contribution in [3.05, 3.63) is 40.8 Å². The molecule has 1 aliphatic rings. The van der Waals surface area contributed by atoms with Crippen LogP contribution in [0.3, 0.4) is 0 Å². The third kappa shape index (κ3) is 4.58. The molecule has 9 heteroatoms. The van der Waals surface area contributed by atoms with E-state index in [-0.39, 0.29) is 5.91 Å². The number of aromatic nitrogens is 1. The highest BCUT2D eigenvalue weighted by atomic mass is 32.2. The molecule has 30 heavy (non-hydrogen) atoms. The van der Waals surface area contributed by atoms with Crippen molar-refractivity contribution in [1.29, 1.82) is 0 Å². The number of fused-ring (bicyclic) bond motifs is 1. The first kappa shape index (κ1) is 22.8. The first-order valence-corrected chi connectivity index (χ1v) is 12.8. The van der Waals surface area contributed by atoms with Crippen molar-refractivity contribution in [3.8, 4) is 0 Å². The van der Waals surface area contributed by atoms with Gasteiger partial charge in [-0.3, -0.25) is 4.79 Å². The van der Waals surface area contributed by atoms with Crippen molar-refractivity contribution in [1.82, 2.24) is 9.46 Å². The van der Waals surface area contributed by atoms with Gasteiger partial charge >= 0.3 is 0 Å². The number of carbonyl (C=O) groups excluding carboxylic acids is 1. The van der Waals surface area contributed by atoms with Crippen molar-refractivity contribution in [2.24, 2.45) is 0 Å². The Labute approximate surface area is 182 Å². The van der Waals surface area contributed by atoms with Crippen LogP contribution in [0.1, 0.15) is 42.8 Å². The molecule has 1 aromatic carbocycles. The molecule has 0 radical (unpaired) electrons. The molecule has 0 saturated carbocycles. The van der Waals surface area contributed by atoms with Crippen LogP contribution in [0, 0.1) is 13.8 Å². The van der Waals surface area contributed by atoms with E-state index in [9.17, 15) is 13.2 Å². The van der Waals surface area contributed by atoms with Gasteiger partial charge in [0, 0.05) is 36.6 Å². The fourth-order valence-corrected chi connectivity index (χ4v) is 6.29. The van der Waals surface area contributed by atoms with Gasteiger partial charge in [0.1, 0.15) is 5.76 Å². The molecule has 2 heterocycles. The molecule has 2 aromatic rings. The second kappa shape index (κ2) is 9.53. The molecule has 1 aliphatic heterocycles. The molecule has 0 N–H and O–H groups in total. The number of carbonyl (C=O) groups is 1. The number of hydrogen-bond acceptors (Lipinski definition) is 6. The summed E-state index contributed by atoms with van der Waals surface area (Å²) in [7, 11) is -3.51. The standard InChI is InChI=1S/C21H29N3O4S2/c1-5-23(6-2)30(26,27)18-9-10-20-17(12-18)8-7-11-24(20)21(25)14-29-13-19-15(3)22-28-16(19)4/h9-10,12H,5-8,11,13-14H2,1-4H3. The number of thioether (sulfide) groups is 1. The molecule has 1 aromatic heterocycles. The maximum absolute atomic E-state index is 12.9. The number of rotatable bonds is 8. The molecular weight excluding hydrogens is 422 g/mol. The lowest BCUT2D eigenvalue weighted by atomic mass is 10.0. The molecule has 0 unspecified atom stereocenters. The Hall–Kier alpha value is -1.84. The van der Waals surface area contributed by atoms with E-state index in [1.807, 2.05) is 27.7 Å². The highest BCUT2D eigenvalue weighted by Gasteiger charge is 2.27. The minimum atomic E-state index is -3.51. The molecule has 0 fully saturated rings. The van der Waals surface area contributed by atoms with Crippen LogP contribution in [-0.2, 0) is 27.0 Å². The van der Waals surface area contributed by atoms with E-state index in [4.69, 9.17) is 4.52 Å². The van der Waals surface area contributed by atoms with Gasteiger partial charge in [-0.2, -0.15) is 4.31 Å². The van der Waals surface area contributed by atoms with Gasteiger partial charge < -0.3 is 9.42 Å². The maximum atomic E-state index is 12.9. The fourth-order valence-electron chi connectivity index (χ4n) is 3.73. The molecule has 7 nitrogen and oxygen atoms in total. The number of sulfonamides is 1. The summed E-state index contributed by atoms with van der Waals surface area (Å²) in [4.78, 5) is 15.0. The Morgan fingerprint density at radius 2 is 2.00 bits per heavy atom. The number of hydrogen-bond donors (Lipinski definition) is 0. The van der Waals surface area contributed by atoms with Crippen LogP contribution in [0.25, 0.3) is 0 Å². The average Bonchev–Trinajstić information content (AvgIpc) is 3.05. The average molecular weight is 452 g/mol. The molecule has 1 amide bonds. The summed E-state index contributed by atoms with van der Waals surface area (Å²) in [5, 5.41) is 3.95. The Morgan fingerprint density at radius 3 is 2.63 bits per heavy atom. The largest absolute Gasteiger partial charge is 0.361 e. The zero-order chi connectivity index (χ0) is 21.9. The number of amides is 1. The molecule has 0 bridgehead atoms. The Kier molecular flexibility index (Phi) is 7.26. The van der Waals surface area contributed by atoms with Gasteiger partial charge in [-0.15, -0.1) is 11.8 Å². The second-order valence-electron chi connectivity index (χ2n) is 7.32. The predicted molar refractivity (Wildman–Crippen MR) is 119 cm³/mol. The lowest BCUT2D eigenvalue weighted by Crippen LogP contribution is -2.37. The van der Waals surface area contributed by atoms with Crippen LogP contribution in [-0.4, -0.2) is 49.2 Å². The molecule has 0 spiro atoms. The molecule has 0 saturated heterocycles. The van der Waals surface area contributed by atoms with E-state index >= 15 is 0 Å². The van der Waals surface area contributed by atoms with Crippen molar-refractivity contribution in [3.63, 3.8) is 0 Å². The van der Waals surface area contributed by atoms with Crippen LogP contribution < -0.4 is 4.90 Å². The lowest BCUT2D eigenvalue weighted by Gasteiger charge is -2.30. The van der Waals surface area contributed by atoms with E-state index in [1.165, 1.54) is 16.1 Å². The van der Waals surface area contributed by atoms with Gasteiger partial charge in [0.25, 0.3) is 0 Å². The summed E-state index contributed by atoms with van der Waals surface area (Å²) in [6.45, 7) is 8.97. The van der Waals surface area contributed by atoms with E-state index in [0.717, 1.165) is 41.1 Å². The first-order valence-electron chi connectivity index (χ1n) is 10.2. The highest BCUT2D eigenvalue weighted by Crippen LogP contribution is 2.31. The van der Waals surface area contributed by atoms with Crippen molar-refractivity contribution >= 4 is 33.4 Å². The van der Waals surface area contributed by atoms with Crippen LogP contribution in [0.15, 0.2) is 27.6 Å². The summed E-state index contributed by atoms with van der Waals surface area (Å²) in [6, 6.07) is 5.14. The topological polar surface area (TPSA) is 83.7 Å². The van der Waals surface area contributed by atoms with Gasteiger partial charge in [0.2, 0.25) is 15.9 Å². The molecule has 164 valence electrons. The second-order valence-corrected chi connectivity index (χ2v) is 10.2. The quantitative estimate of drug-likeness (QED) is 0.610. The zero-order valence-corrected chi connectivity index (χ0v) is 19.6. The Bertz CT molecular complexity index is 994. The molecule has 0 aliphatic carbocycles. The fraction of sp³-hybridized carbons (Fsp3) is 0.524. The molecule has 0 atom stereocenters. The van der Waals surface area contributed by atoms with Crippen LogP contribution in [0.2, 0.25) is 0 Å². The summed E-state index contributed by atoms with van der Waals surface area (Å²) >= 11 is 1.54. The van der Waals surface area contributed by atoms with E-state index in [0.29, 0.717) is 36.0 Å². The SMILES string of the molecule is CCN(CC)S(=O)(=O)c1ccc2c(c1)CCCN2C(=O)CSCc1c(C)noc1C. The van der Waals surface area contributed by atoms with Crippen molar-refractivity contribution < 1.29 is 17.7 Å². The first-order chi connectivity index (χ1) is 14.3. The zero-order valence-electron chi connectivity index (χ0n) is 18.0. The van der Waals surface area contributed by atoms with Crippen LogP contribution in [0.5, 0.6) is 0 Å². The Morgan fingerprint density at radius 1 is 1.27 bits per heavy atom. The summed E-state index contributed by atoms with van der Waals surface area (Å²) in [6.07, 6.45) is 1.59. The third-order valence-electron chi connectivity index (χ3n) is 5.47. The minimum absolute atomic E-state index is 0.0343.